The minimum Gasteiger partial charge on any atom is -0.506 e. The summed E-state index contributed by atoms with van der Waals surface area (Å²) in [7, 11) is 0. The van der Waals surface area contributed by atoms with E-state index in [1.165, 1.54) is 6.20 Å². The normalized spacial score (nSPS) is 14.3. The average molecular weight is 374 g/mol. The third-order valence-electron chi connectivity index (χ3n) is 3.83. The first-order chi connectivity index (χ1) is 12.1. The maximum Gasteiger partial charge on any atom is 0.418 e. The molecule has 1 aliphatic carbocycles. The molecule has 0 unspecified atom stereocenters. The van der Waals surface area contributed by atoms with E-state index in [1.807, 2.05) is 0 Å². The van der Waals surface area contributed by atoms with E-state index in [0.717, 1.165) is 12.1 Å². The summed E-state index contributed by atoms with van der Waals surface area (Å²) < 4.78 is 78.3. The minimum atomic E-state index is -4.68. The Morgan fingerprint density at radius 2 is 1.69 bits per heavy atom. The predicted molar refractivity (Wildman–Crippen MR) is 82.1 cm³/mol. The second-order valence-electron chi connectivity index (χ2n) is 5.75. The molecule has 0 spiro atoms. The van der Waals surface area contributed by atoms with Gasteiger partial charge in [0, 0.05) is 23.7 Å². The van der Waals surface area contributed by atoms with Gasteiger partial charge in [0.1, 0.15) is 5.75 Å². The van der Waals surface area contributed by atoms with E-state index in [-0.39, 0.29) is 16.9 Å². The number of phenolic OH excluding ortho intramolecular Hbond substituents is 1. The summed E-state index contributed by atoms with van der Waals surface area (Å²) in [5.41, 5.74) is -1.92. The molecule has 0 aliphatic heterocycles. The summed E-state index contributed by atoms with van der Waals surface area (Å²) in [5.74, 6) is -0.501. The summed E-state index contributed by atoms with van der Waals surface area (Å²) in [6.45, 7) is 0. The van der Waals surface area contributed by atoms with Gasteiger partial charge in [-0.2, -0.15) is 26.3 Å². The van der Waals surface area contributed by atoms with Crippen LogP contribution in [0.4, 0.5) is 32.0 Å². The Labute approximate surface area is 144 Å². The summed E-state index contributed by atoms with van der Waals surface area (Å²) in [4.78, 5) is 3.48. The lowest BCUT2D eigenvalue weighted by Gasteiger charge is -2.18. The zero-order chi connectivity index (χ0) is 19.1. The Bertz CT molecular complexity index is 864. The van der Waals surface area contributed by atoms with Crippen LogP contribution >= 0.6 is 0 Å². The number of hydrogen-bond acceptors (Lipinski definition) is 3. The van der Waals surface area contributed by atoms with E-state index in [4.69, 9.17) is 0 Å². The molecule has 0 radical (unpaired) electrons. The first-order valence-electron chi connectivity index (χ1n) is 7.48. The molecule has 1 aliphatic rings. The molecule has 1 saturated carbocycles. The lowest BCUT2D eigenvalue weighted by atomic mass is 10.0. The average Bonchev–Trinajstić information content (AvgIpc) is 3.37. The van der Waals surface area contributed by atoms with Gasteiger partial charge in [-0.1, -0.05) is 0 Å². The van der Waals surface area contributed by atoms with Crippen LogP contribution in [0.3, 0.4) is 0 Å². The number of nitrogens with one attached hydrogen (secondary N) is 1. The van der Waals surface area contributed by atoms with Crippen LogP contribution in [-0.2, 0) is 12.4 Å². The van der Waals surface area contributed by atoms with Crippen molar-refractivity contribution in [2.45, 2.75) is 25.2 Å². The summed E-state index contributed by atoms with van der Waals surface area (Å²) in [6, 6.07) is 3.34. The van der Waals surface area contributed by atoms with Crippen molar-refractivity contribution in [1.29, 1.82) is 0 Å². The second kappa shape index (κ2) is 6.22. The van der Waals surface area contributed by atoms with Crippen molar-refractivity contribution in [2.24, 2.45) is 0 Å². The summed E-state index contributed by atoms with van der Waals surface area (Å²) in [5, 5.41) is 12.4. The Morgan fingerprint density at radius 1 is 1.00 bits per heavy atom. The molecule has 3 nitrogen and oxygen atoms in total. The van der Waals surface area contributed by atoms with Crippen molar-refractivity contribution < 1.29 is 31.4 Å². The van der Waals surface area contributed by atoms with Crippen LogP contribution in [0.5, 0.6) is 5.75 Å². The van der Waals surface area contributed by atoms with Gasteiger partial charge in [0.25, 0.3) is 0 Å². The number of phenols is 1. The SMILES string of the molecule is Oc1ccc(C(F)(F)F)cc1NC(=C1CC1)c1ccncc1C(F)(F)F. The molecule has 2 aromatic rings. The molecule has 1 heterocycles. The first kappa shape index (κ1) is 18.1. The molecule has 0 bridgehead atoms. The number of pyridine rings is 1. The van der Waals surface area contributed by atoms with Crippen molar-refractivity contribution >= 4 is 11.4 Å². The fraction of sp³-hybridized carbons (Fsp3) is 0.235. The van der Waals surface area contributed by atoms with E-state index in [9.17, 15) is 31.4 Å². The molecule has 2 N–H and O–H groups in total. The van der Waals surface area contributed by atoms with Crippen LogP contribution in [0.15, 0.2) is 42.2 Å². The third kappa shape index (κ3) is 3.76. The molecular formula is C17H12F6N2O. The molecule has 138 valence electrons. The van der Waals surface area contributed by atoms with E-state index in [2.05, 4.69) is 10.3 Å². The number of anilines is 1. The monoisotopic (exact) mass is 374 g/mol. The van der Waals surface area contributed by atoms with Gasteiger partial charge in [-0.3, -0.25) is 4.98 Å². The molecule has 1 aromatic heterocycles. The highest BCUT2D eigenvalue weighted by molar-refractivity contribution is 5.84. The Balaban J connectivity index is 2.06. The van der Waals surface area contributed by atoms with Crippen molar-refractivity contribution in [3.63, 3.8) is 0 Å². The number of alkyl halides is 6. The van der Waals surface area contributed by atoms with Gasteiger partial charge in [-0.15, -0.1) is 0 Å². The third-order valence-corrected chi connectivity index (χ3v) is 3.83. The molecule has 0 amide bonds. The zero-order valence-electron chi connectivity index (χ0n) is 13.0. The highest BCUT2D eigenvalue weighted by Gasteiger charge is 2.36. The topological polar surface area (TPSA) is 45.1 Å². The van der Waals surface area contributed by atoms with E-state index >= 15 is 0 Å². The number of benzene rings is 1. The largest absolute Gasteiger partial charge is 0.506 e. The number of halogens is 6. The highest BCUT2D eigenvalue weighted by atomic mass is 19.4. The predicted octanol–water partition coefficient (Wildman–Crippen LogP) is 5.44. The Kier molecular flexibility index (Phi) is 4.33. The van der Waals surface area contributed by atoms with Gasteiger partial charge in [-0.25, -0.2) is 0 Å². The molecule has 3 rings (SSSR count). The lowest BCUT2D eigenvalue weighted by molar-refractivity contribution is -0.138. The molecule has 0 atom stereocenters. The maximum atomic E-state index is 13.2. The Morgan fingerprint density at radius 3 is 2.27 bits per heavy atom. The van der Waals surface area contributed by atoms with E-state index in [0.29, 0.717) is 36.7 Å². The van der Waals surface area contributed by atoms with Crippen molar-refractivity contribution in [2.75, 3.05) is 5.32 Å². The Hall–Kier alpha value is -2.71. The number of allylic oxidation sites excluding steroid dienone is 1. The maximum absolute atomic E-state index is 13.2. The van der Waals surface area contributed by atoms with Gasteiger partial charge >= 0.3 is 12.4 Å². The van der Waals surface area contributed by atoms with Crippen molar-refractivity contribution in [1.82, 2.24) is 4.98 Å². The number of aromatic nitrogens is 1. The van der Waals surface area contributed by atoms with Crippen molar-refractivity contribution in [3.8, 4) is 5.75 Å². The number of hydrogen-bond donors (Lipinski definition) is 2. The highest BCUT2D eigenvalue weighted by Crippen LogP contribution is 2.43. The quantitative estimate of drug-likeness (QED) is 0.555. The van der Waals surface area contributed by atoms with Crippen LogP contribution < -0.4 is 5.32 Å². The van der Waals surface area contributed by atoms with E-state index < -0.39 is 29.2 Å². The molecular weight excluding hydrogens is 362 g/mol. The molecule has 26 heavy (non-hydrogen) atoms. The zero-order valence-corrected chi connectivity index (χ0v) is 13.0. The first-order valence-corrected chi connectivity index (χ1v) is 7.48. The number of rotatable bonds is 3. The summed E-state index contributed by atoms with van der Waals surface area (Å²) >= 11 is 0. The van der Waals surface area contributed by atoms with Crippen LogP contribution in [0.1, 0.15) is 29.5 Å². The second-order valence-corrected chi connectivity index (χ2v) is 5.75. The van der Waals surface area contributed by atoms with Gasteiger partial charge < -0.3 is 10.4 Å². The van der Waals surface area contributed by atoms with E-state index in [1.54, 1.807) is 0 Å². The number of aromatic hydroxyl groups is 1. The molecule has 0 saturated heterocycles. The van der Waals surface area contributed by atoms with Gasteiger partial charge in [-0.05, 0) is 42.7 Å². The number of nitrogens with zero attached hydrogens (tertiary/aromatic N) is 1. The van der Waals surface area contributed by atoms with Crippen LogP contribution in [0, 0.1) is 0 Å². The van der Waals surface area contributed by atoms with Gasteiger partial charge in [0.05, 0.1) is 16.8 Å². The fourth-order valence-corrected chi connectivity index (χ4v) is 2.44. The molecule has 1 fully saturated rings. The standard InChI is InChI=1S/C17H12F6N2O/c18-16(19,20)10-3-4-14(26)13(7-10)25-15(9-1-2-9)11-5-6-24-8-12(11)17(21,22)23/h3-8,25-26H,1-2H2. The minimum absolute atomic E-state index is 0.0364. The smallest absolute Gasteiger partial charge is 0.418 e. The molecule has 1 aromatic carbocycles. The summed E-state index contributed by atoms with van der Waals surface area (Å²) in [6.07, 6.45) is -6.47. The van der Waals surface area contributed by atoms with Crippen LogP contribution in [-0.4, -0.2) is 10.1 Å². The van der Waals surface area contributed by atoms with Crippen LogP contribution in [0.25, 0.3) is 5.70 Å². The fourth-order valence-electron chi connectivity index (χ4n) is 2.44. The molecule has 9 heteroatoms. The van der Waals surface area contributed by atoms with Crippen molar-refractivity contribution in [3.05, 3.63) is 58.9 Å². The van der Waals surface area contributed by atoms with Gasteiger partial charge in [0.2, 0.25) is 0 Å². The van der Waals surface area contributed by atoms with Gasteiger partial charge in [0.15, 0.2) is 0 Å². The van der Waals surface area contributed by atoms with Crippen LogP contribution in [0.2, 0.25) is 0 Å². The lowest BCUT2D eigenvalue weighted by Crippen LogP contribution is -2.12.